The standard InChI is InChI=1S/C17H13Cl3N2O3S/c1-9-17(21-26(25)11-3-4-13(19)14(20)7-11)12-6-10(18)2-5-15(12)22(9)8-16(23)24/h2-7,21H,8H2,1H3,(H,23,24). The van der Waals surface area contributed by atoms with E-state index in [2.05, 4.69) is 4.72 Å². The maximum absolute atomic E-state index is 12.7. The molecule has 1 heterocycles. The summed E-state index contributed by atoms with van der Waals surface area (Å²) in [4.78, 5) is 11.6. The third-order valence-electron chi connectivity index (χ3n) is 3.88. The first-order valence-corrected chi connectivity index (χ1v) is 9.70. The zero-order valence-electron chi connectivity index (χ0n) is 13.4. The summed E-state index contributed by atoms with van der Waals surface area (Å²) in [5.74, 6) is -0.975. The highest BCUT2D eigenvalue weighted by Crippen LogP contribution is 2.35. The fraction of sp³-hybridized carbons (Fsp3) is 0.118. The topological polar surface area (TPSA) is 77.3 Å². The fourth-order valence-electron chi connectivity index (χ4n) is 2.67. The molecule has 0 saturated heterocycles. The SMILES string of the molecule is Cc1c(N[S+]([O-])c2ccc(Cl)c(Cl)c2)c2cc(Cl)ccc2n1CC(=O)O. The normalized spacial score (nSPS) is 12.3. The number of nitrogens with one attached hydrogen (secondary N) is 1. The van der Waals surface area contributed by atoms with Crippen LogP contribution in [-0.4, -0.2) is 20.2 Å². The maximum atomic E-state index is 12.7. The number of rotatable bonds is 5. The van der Waals surface area contributed by atoms with E-state index in [1.165, 1.54) is 6.07 Å². The summed E-state index contributed by atoms with van der Waals surface area (Å²) in [7, 11) is 0. The lowest BCUT2D eigenvalue weighted by atomic mass is 10.2. The first-order chi connectivity index (χ1) is 12.3. The molecule has 0 radical (unpaired) electrons. The molecule has 3 aromatic rings. The van der Waals surface area contributed by atoms with E-state index >= 15 is 0 Å². The van der Waals surface area contributed by atoms with E-state index in [-0.39, 0.29) is 6.54 Å². The van der Waals surface area contributed by atoms with Gasteiger partial charge in [-0.3, -0.25) is 4.79 Å². The van der Waals surface area contributed by atoms with Crippen molar-refractivity contribution in [2.45, 2.75) is 18.4 Å². The van der Waals surface area contributed by atoms with E-state index in [4.69, 9.17) is 34.8 Å². The van der Waals surface area contributed by atoms with Gasteiger partial charge in [0, 0.05) is 22.2 Å². The summed E-state index contributed by atoms with van der Waals surface area (Å²) < 4.78 is 17.3. The van der Waals surface area contributed by atoms with Crippen molar-refractivity contribution >= 4 is 68.7 Å². The molecule has 1 atom stereocenters. The number of benzene rings is 2. The number of carboxylic acid groups (broad SMARTS) is 1. The van der Waals surface area contributed by atoms with E-state index in [0.717, 1.165) is 0 Å². The van der Waals surface area contributed by atoms with Crippen LogP contribution in [0.4, 0.5) is 5.69 Å². The number of hydrogen-bond acceptors (Lipinski definition) is 3. The molecular weight excluding hydrogens is 419 g/mol. The largest absolute Gasteiger partial charge is 0.588 e. The van der Waals surface area contributed by atoms with Crippen LogP contribution < -0.4 is 4.72 Å². The molecule has 0 spiro atoms. The molecule has 1 unspecified atom stereocenters. The number of carboxylic acids is 1. The van der Waals surface area contributed by atoms with Gasteiger partial charge in [-0.05, 0) is 37.3 Å². The van der Waals surface area contributed by atoms with E-state index < -0.39 is 17.3 Å². The number of halogens is 3. The van der Waals surface area contributed by atoms with Crippen molar-refractivity contribution in [2.75, 3.05) is 4.72 Å². The van der Waals surface area contributed by atoms with Gasteiger partial charge in [0.2, 0.25) is 0 Å². The molecule has 0 fully saturated rings. The van der Waals surface area contributed by atoms with Gasteiger partial charge >= 0.3 is 5.97 Å². The molecule has 3 rings (SSSR count). The summed E-state index contributed by atoms with van der Waals surface area (Å²) in [6.07, 6.45) is 0. The molecule has 136 valence electrons. The Morgan fingerprint density at radius 3 is 2.58 bits per heavy atom. The van der Waals surface area contributed by atoms with Gasteiger partial charge in [0.05, 0.1) is 15.6 Å². The predicted molar refractivity (Wildman–Crippen MR) is 106 cm³/mol. The fourth-order valence-corrected chi connectivity index (χ4v) is 4.18. The monoisotopic (exact) mass is 430 g/mol. The highest BCUT2D eigenvalue weighted by Gasteiger charge is 2.21. The van der Waals surface area contributed by atoms with Gasteiger partial charge < -0.3 is 14.2 Å². The van der Waals surface area contributed by atoms with Crippen LogP contribution in [0.2, 0.25) is 15.1 Å². The Balaban J connectivity index is 2.06. The molecule has 5 nitrogen and oxygen atoms in total. The van der Waals surface area contributed by atoms with Crippen molar-refractivity contribution in [1.82, 2.24) is 4.57 Å². The van der Waals surface area contributed by atoms with Gasteiger partial charge in [0.25, 0.3) is 0 Å². The smallest absolute Gasteiger partial charge is 0.323 e. The van der Waals surface area contributed by atoms with E-state index in [0.29, 0.717) is 42.2 Å². The second kappa shape index (κ2) is 7.58. The first kappa shape index (κ1) is 19.2. The Morgan fingerprint density at radius 2 is 1.92 bits per heavy atom. The van der Waals surface area contributed by atoms with Gasteiger partial charge in [-0.25, -0.2) is 4.72 Å². The van der Waals surface area contributed by atoms with Crippen molar-refractivity contribution in [2.24, 2.45) is 0 Å². The van der Waals surface area contributed by atoms with Gasteiger partial charge in [-0.1, -0.05) is 34.8 Å². The van der Waals surface area contributed by atoms with Crippen LogP contribution in [0.15, 0.2) is 41.3 Å². The van der Waals surface area contributed by atoms with Crippen LogP contribution in [0.1, 0.15) is 5.69 Å². The Labute approximate surface area is 167 Å². The molecule has 0 aliphatic heterocycles. The average molecular weight is 432 g/mol. The minimum Gasteiger partial charge on any atom is -0.588 e. The molecule has 0 amide bonds. The highest BCUT2D eigenvalue weighted by atomic mass is 35.5. The molecule has 0 aliphatic carbocycles. The van der Waals surface area contributed by atoms with E-state index in [1.54, 1.807) is 41.8 Å². The zero-order valence-corrected chi connectivity index (χ0v) is 16.5. The van der Waals surface area contributed by atoms with E-state index in [9.17, 15) is 14.5 Å². The van der Waals surface area contributed by atoms with Gasteiger partial charge in [0.1, 0.15) is 23.6 Å². The number of hydrogen-bond donors (Lipinski definition) is 2. The molecule has 26 heavy (non-hydrogen) atoms. The van der Waals surface area contributed by atoms with Crippen molar-refractivity contribution in [3.63, 3.8) is 0 Å². The second-order valence-electron chi connectivity index (χ2n) is 5.55. The Bertz CT molecular complexity index is 1010. The summed E-state index contributed by atoms with van der Waals surface area (Å²) >= 11 is 16.3. The van der Waals surface area contributed by atoms with Crippen molar-refractivity contribution in [3.05, 3.63) is 57.2 Å². The van der Waals surface area contributed by atoms with Crippen molar-refractivity contribution in [1.29, 1.82) is 0 Å². The lowest BCUT2D eigenvalue weighted by Crippen LogP contribution is -2.14. The van der Waals surface area contributed by atoms with Gasteiger partial charge in [-0.2, -0.15) is 0 Å². The number of anilines is 1. The van der Waals surface area contributed by atoms with Gasteiger partial charge in [0.15, 0.2) is 4.90 Å². The third-order valence-corrected chi connectivity index (χ3v) is 5.92. The number of aromatic nitrogens is 1. The summed E-state index contributed by atoms with van der Waals surface area (Å²) in [6, 6.07) is 9.82. The maximum Gasteiger partial charge on any atom is 0.323 e. The number of fused-ring (bicyclic) bond motifs is 1. The zero-order chi connectivity index (χ0) is 19.0. The number of aliphatic carboxylic acids is 1. The van der Waals surface area contributed by atoms with E-state index in [1.807, 2.05) is 0 Å². The van der Waals surface area contributed by atoms with Crippen molar-refractivity contribution in [3.8, 4) is 0 Å². The predicted octanol–water partition coefficient (Wildman–Crippen LogP) is 5.13. The first-order valence-electron chi connectivity index (χ1n) is 7.41. The average Bonchev–Trinajstić information content (AvgIpc) is 2.82. The van der Waals surface area contributed by atoms with Crippen LogP contribution in [0.25, 0.3) is 10.9 Å². The van der Waals surface area contributed by atoms with Crippen molar-refractivity contribution < 1.29 is 14.5 Å². The number of carbonyl (C=O) groups is 1. The molecule has 2 aromatic carbocycles. The molecule has 0 bridgehead atoms. The molecule has 0 aliphatic rings. The minimum atomic E-state index is -1.62. The van der Waals surface area contributed by atoms with Gasteiger partial charge in [-0.15, -0.1) is 0 Å². The van der Waals surface area contributed by atoms with Crippen LogP contribution in [0.5, 0.6) is 0 Å². The molecule has 0 saturated carbocycles. The third kappa shape index (κ3) is 3.75. The molecular formula is C17H13Cl3N2O3S. The molecule has 9 heteroatoms. The lowest BCUT2D eigenvalue weighted by molar-refractivity contribution is -0.137. The van der Waals surface area contributed by atoms with Crippen LogP contribution >= 0.6 is 34.8 Å². The Kier molecular flexibility index (Phi) is 5.60. The van der Waals surface area contributed by atoms with Crippen LogP contribution in [0.3, 0.4) is 0 Å². The molecule has 1 aromatic heterocycles. The highest BCUT2D eigenvalue weighted by molar-refractivity contribution is 7.92. The lowest BCUT2D eigenvalue weighted by Gasteiger charge is -2.13. The minimum absolute atomic E-state index is 0.217. The summed E-state index contributed by atoms with van der Waals surface area (Å²) in [6.45, 7) is 1.54. The Morgan fingerprint density at radius 1 is 1.19 bits per heavy atom. The Hall–Kier alpha value is -1.57. The molecule has 2 N–H and O–H groups in total. The summed E-state index contributed by atoms with van der Waals surface area (Å²) in [5.41, 5.74) is 1.87. The van der Waals surface area contributed by atoms with Crippen LogP contribution in [0, 0.1) is 6.92 Å². The quantitative estimate of drug-likeness (QED) is 0.549. The number of nitrogens with zero attached hydrogens (tertiary/aromatic N) is 1. The van der Waals surface area contributed by atoms with Crippen LogP contribution in [-0.2, 0) is 22.7 Å². The summed E-state index contributed by atoms with van der Waals surface area (Å²) in [5, 5.41) is 11.0. The second-order valence-corrected chi connectivity index (χ2v) is 8.01.